The maximum atomic E-state index is 6.04. The average Bonchev–Trinajstić information content (AvgIpc) is 2.15. The van der Waals surface area contributed by atoms with Crippen molar-refractivity contribution in [2.45, 2.75) is 20.5 Å². The summed E-state index contributed by atoms with van der Waals surface area (Å²) in [6, 6.07) is 6.06. The Morgan fingerprint density at radius 3 is 2.69 bits per heavy atom. The molecule has 84 valence electrons. The van der Waals surface area contributed by atoms with Crippen molar-refractivity contribution in [2.75, 3.05) is 12.8 Å². The van der Waals surface area contributed by atoms with Crippen LogP contribution in [0, 0.1) is 13.8 Å². The zero-order valence-corrected chi connectivity index (χ0v) is 9.87. The van der Waals surface area contributed by atoms with Gasteiger partial charge in [0.2, 0.25) is 0 Å². The van der Waals surface area contributed by atoms with E-state index >= 15 is 0 Å². The lowest BCUT2D eigenvalue weighted by molar-refractivity contribution is 0.182. The third-order valence-corrected chi connectivity index (χ3v) is 2.63. The first-order chi connectivity index (χ1) is 7.61. The molecule has 0 saturated carbocycles. The molecule has 0 amide bonds. The number of rotatable bonds is 2. The second kappa shape index (κ2) is 4.10. The minimum Gasteiger partial charge on any atom is -0.398 e. The quantitative estimate of drug-likeness (QED) is 0.839. The molecule has 0 fully saturated rings. The van der Waals surface area contributed by atoms with E-state index in [0.29, 0.717) is 6.61 Å². The fourth-order valence-electron chi connectivity index (χ4n) is 2.07. The highest BCUT2D eigenvalue weighted by molar-refractivity contribution is 5.93. The van der Waals surface area contributed by atoms with Crippen molar-refractivity contribution in [1.29, 1.82) is 0 Å². The zero-order valence-electron chi connectivity index (χ0n) is 9.87. The van der Waals surface area contributed by atoms with Gasteiger partial charge in [0.05, 0.1) is 17.8 Å². The molecule has 2 rings (SSSR count). The molecule has 0 atom stereocenters. The molecular formula is C13H16N2O. The molecule has 0 unspecified atom stereocenters. The normalized spacial score (nSPS) is 10.9. The molecule has 0 radical (unpaired) electrons. The summed E-state index contributed by atoms with van der Waals surface area (Å²) in [6.45, 7) is 4.61. The van der Waals surface area contributed by atoms with Crippen LogP contribution >= 0.6 is 0 Å². The van der Waals surface area contributed by atoms with Gasteiger partial charge in [-0.05, 0) is 37.1 Å². The summed E-state index contributed by atoms with van der Waals surface area (Å²) in [4.78, 5) is 4.54. The van der Waals surface area contributed by atoms with Gasteiger partial charge < -0.3 is 10.5 Å². The summed E-state index contributed by atoms with van der Waals surface area (Å²) in [6.07, 6.45) is 0. The number of hydrogen-bond acceptors (Lipinski definition) is 3. The topological polar surface area (TPSA) is 48.1 Å². The van der Waals surface area contributed by atoms with Gasteiger partial charge in [-0.2, -0.15) is 0 Å². The molecule has 1 aromatic carbocycles. The van der Waals surface area contributed by atoms with Crippen molar-refractivity contribution < 1.29 is 4.74 Å². The van der Waals surface area contributed by atoms with Crippen LogP contribution in [-0.4, -0.2) is 12.1 Å². The van der Waals surface area contributed by atoms with E-state index in [4.69, 9.17) is 10.5 Å². The van der Waals surface area contributed by atoms with Gasteiger partial charge >= 0.3 is 0 Å². The molecule has 0 spiro atoms. The molecule has 2 aromatic rings. The molecule has 1 heterocycles. The number of hydrogen-bond donors (Lipinski definition) is 1. The molecule has 1 aromatic heterocycles. The third-order valence-electron chi connectivity index (χ3n) is 2.63. The minimum atomic E-state index is 0.493. The fourth-order valence-corrected chi connectivity index (χ4v) is 2.07. The average molecular weight is 216 g/mol. The standard InChI is InChI=1S/C13H16N2O/c1-8-4-9(2)13-11(14)6-10(7-16-3)15-12(13)5-8/h4-6H,7H2,1-3H3,(H2,14,15). The van der Waals surface area contributed by atoms with E-state index in [2.05, 4.69) is 31.0 Å². The van der Waals surface area contributed by atoms with Gasteiger partial charge in [-0.3, -0.25) is 4.98 Å². The van der Waals surface area contributed by atoms with E-state index in [0.717, 1.165) is 22.3 Å². The SMILES string of the molecule is COCc1cc(N)c2c(C)cc(C)cc2n1. The van der Waals surface area contributed by atoms with Crippen LogP contribution in [0.1, 0.15) is 16.8 Å². The number of ether oxygens (including phenoxy) is 1. The van der Waals surface area contributed by atoms with Gasteiger partial charge in [0, 0.05) is 18.2 Å². The Morgan fingerprint density at radius 1 is 1.25 bits per heavy atom. The number of pyridine rings is 1. The number of nitrogens with two attached hydrogens (primary N) is 1. The number of aromatic nitrogens is 1. The number of fused-ring (bicyclic) bond motifs is 1. The molecule has 0 saturated heterocycles. The Bertz CT molecular complexity index is 535. The van der Waals surface area contributed by atoms with Gasteiger partial charge in [-0.15, -0.1) is 0 Å². The second-order valence-electron chi connectivity index (χ2n) is 4.11. The van der Waals surface area contributed by atoms with Gasteiger partial charge in [-0.1, -0.05) is 6.07 Å². The molecule has 0 bridgehead atoms. The van der Waals surface area contributed by atoms with E-state index in [1.165, 1.54) is 11.1 Å². The summed E-state index contributed by atoms with van der Waals surface area (Å²) in [5, 5.41) is 1.05. The van der Waals surface area contributed by atoms with Crippen LogP contribution in [0.4, 0.5) is 5.69 Å². The molecule has 0 aliphatic heterocycles. The van der Waals surface area contributed by atoms with Crippen molar-refractivity contribution in [3.05, 3.63) is 35.0 Å². The first-order valence-electron chi connectivity index (χ1n) is 5.27. The molecule has 16 heavy (non-hydrogen) atoms. The van der Waals surface area contributed by atoms with E-state index in [1.54, 1.807) is 7.11 Å². The first kappa shape index (κ1) is 10.9. The van der Waals surface area contributed by atoms with Crippen LogP contribution in [0.15, 0.2) is 18.2 Å². The Kier molecular flexibility index (Phi) is 2.79. The largest absolute Gasteiger partial charge is 0.398 e. The third kappa shape index (κ3) is 1.86. The van der Waals surface area contributed by atoms with E-state index in [1.807, 2.05) is 6.07 Å². The maximum Gasteiger partial charge on any atom is 0.0885 e. The lowest BCUT2D eigenvalue weighted by Crippen LogP contribution is -1.98. The summed E-state index contributed by atoms with van der Waals surface area (Å²) in [7, 11) is 1.66. The Morgan fingerprint density at radius 2 is 2.00 bits per heavy atom. The van der Waals surface area contributed by atoms with Gasteiger partial charge in [0.15, 0.2) is 0 Å². The van der Waals surface area contributed by atoms with Crippen LogP contribution < -0.4 is 5.73 Å². The second-order valence-corrected chi connectivity index (χ2v) is 4.11. The zero-order chi connectivity index (χ0) is 11.7. The molecule has 0 aliphatic rings. The minimum absolute atomic E-state index is 0.493. The van der Waals surface area contributed by atoms with Crippen LogP contribution in [0.2, 0.25) is 0 Å². The van der Waals surface area contributed by atoms with Crippen molar-refractivity contribution in [3.8, 4) is 0 Å². The lowest BCUT2D eigenvalue weighted by atomic mass is 10.0. The maximum absolute atomic E-state index is 6.04. The van der Waals surface area contributed by atoms with Crippen LogP contribution in [0.5, 0.6) is 0 Å². The lowest BCUT2D eigenvalue weighted by Gasteiger charge is -2.09. The van der Waals surface area contributed by atoms with E-state index in [9.17, 15) is 0 Å². The summed E-state index contributed by atoms with van der Waals surface area (Å²) >= 11 is 0. The smallest absolute Gasteiger partial charge is 0.0885 e. The fraction of sp³-hybridized carbons (Fsp3) is 0.308. The van der Waals surface area contributed by atoms with Gasteiger partial charge in [-0.25, -0.2) is 0 Å². The van der Waals surface area contributed by atoms with Crippen LogP contribution in [-0.2, 0) is 11.3 Å². The van der Waals surface area contributed by atoms with E-state index < -0.39 is 0 Å². The molecule has 3 heteroatoms. The summed E-state index contributed by atoms with van der Waals surface area (Å²) < 4.78 is 5.07. The predicted molar refractivity (Wildman–Crippen MR) is 66.3 cm³/mol. The highest BCUT2D eigenvalue weighted by Gasteiger charge is 2.06. The van der Waals surface area contributed by atoms with Crippen molar-refractivity contribution in [2.24, 2.45) is 0 Å². The monoisotopic (exact) mass is 216 g/mol. The highest BCUT2D eigenvalue weighted by Crippen LogP contribution is 2.25. The molecule has 2 N–H and O–H groups in total. The number of methoxy groups -OCH3 is 1. The molecule has 3 nitrogen and oxygen atoms in total. The molecular weight excluding hydrogens is 200 g/mol. The Hall–Kier alpha value is -1.61. The highest BCUT2D eigenvalue weighted by atomic mass is 16.5. The van der Waals surface area contributed by atoms with Crippen LogP contribution in [0.25, 0.3) is 10.9 Å². The predicted octanol–water partition coefficient (Wildman–Crippen LogP) is 2.58. The van der Waals surface area contributed by atoms with Crippen molar-refractivity contribution in [1.82, 2.24) is 4.98 Å². The number of benzene rings is 1. The number of anilines is 1. The summed E-state index contributed by atoms with van der Waals surface area (Å²) in [5.41, 5.74) is 11.0. The molecule has 0 aliphatic carbocycles. The summed E-state index contributed by atoms with van der Waals surface area (Å²) in [5.74, 6) is 0. The number of nitrogens with zero attached hydrogens (tertiary/aromatic N) is 1. The van der Waals surface area contributed by atoms with Crippen LogP contribution in [0.3, 0.4) is 0 Å². The number of aryl methyl sites for hydroxylation is 2. The van der Waals surface area contributed by atoms with Gasteiger partial charge in [0.1, 0.15) is 0 Å². The number of nitrogen functional groups attached to an aromatic ring is 1. The van der Waals surface area contributed by atoms with Crippen molar-refractivity contribution in [3.63, 3.8) is 0 Å². The Balaban J connectivity index is 2.71. The van der Waals surface area contributed by atoms with E-state index in [-0.39, 0.29) is 0 Å². The van der Waals surface area contributed by atoms with Crippen molar-refractivity contribution >= 4 is 16.6 Å². The first-order valence-corrected chi connectivity index (χ1v) is 5.27. The van der Waals surface area contributed by atoms with Gasteiger partial charge in [0.25, 0.3) is 0 Å². The Labute approximate surface area is 95.2 Å².